The predicted octanol–water partition coefficient (Wildman–Crippen LogP) is 1.91. The topological polar surface area (TPSA) is 63.2 Å². The van der Waals surface area contributed by atoms with Gasteiger partial charge in [0.05, 0.1) is 11.0 Å². The van der Waals surface area contributed by atoms with Crippen LogP contribution in [0.4, 0.5) is 0 Å². The molecule has 1 aromatic carbocycles. The van der Waals surface area contributed by atoms with Crippen LogP contribution >= 0.6 is 0 Å². The van der Waals surface area contributed by atoms with Crippen LogP contribution in [0, 0.1) is 0 Å². The van der Waals surface area contributed by atoms with Crippen LogP contribution in [0.1, 0.15) is 31.9 Å². The third kappa shape index (κ3) is 6.72. The van der Waals surface area contributed by atoms with Crippen LogP contribution in [0.25, 0.3) is 0 Å². The maximum absolute atomic E-state index is 12.4. The number of sulfone groups is 1. The number of hydrogen-bond acceptors (Lipinski definition) is 4. The van der Waals surface area contributed by atoms with Crippen LogP contribution < -0.4 is 5.32 Å². The van der Waals surface area contributed by atoms with Gasteiger partial charge in [-0.15, -0.1) is 0 Å². The Hall–Kier alpha value is -0.720. The van der Waals surface area contributed by atoms with Crippen LogP contribution in [0.5, 0.6) is 0 Å². The lowest BCUT2D eigenvalue weighted by atomic mass is 10.0. The summed E-state index contributed by atoms with van der Waals surface area (Å²) in [4.78, 5) is 0. The highest BCUT2D eigenvalue weighted by molar-refractivity contribution is 7.92. The van der Waals surface area contributed by atoms with Gasteiger partial charge in [0.2, 0.25) is 0 Å². The van der Waals surface area contributed by atoms with E-state index in [1.807, 2.05) is 37.3 Å². The molecule has 1 aromatic rings. The molecule has 0 aliphatic carbocycles. The summed E-state index contributed by atoms with van der Waals surface area (Å²) in [6.45, 7) is 4.84. The molecule has 3 unspecified atom stereocenters. The second-order valence-electron chi connectivity index (χ2n) is 5.26. The molecule has 3 atom stereocenters. The molecule has 0 aliphatic heterocycles. The number of benzene rings is 1. The van der Waals surface area contributed by atoms with Gasteiger partial charge in [-0.05, 0) is 25.5 Å². The van der Waals surface area contributed by atoms with Crippen LogP contribution in [0.15, 0.2) is 30.3 Å². The molecule has 0 aromatic heterocycles. The van der Waals surface area contributed by atoms with Gasteiger partial charge >= 0.3 is 0 Å². The van der Waals surface area contributed by atoms with Crippen molar-refractivity contribution in [3.63, 3.8) is 0 Å². The summed E-state index contributed by atoms with van der Waals surface area (Å²) in [6, 6.07) is 9.87. The standard InChI is InChI=1S/C15H25NO3S2/c1-4-10-16-15(14-8-6-5-7-9-14)13(2)20(17)11-12-21(3,18)19/h5-9,13,15-16H,4,10-12H2,1-3H3. The van der Waals surface area contributed by atoms with E-state index in [0.29, 0.717) is 0 Å². The Bertz CT molecular complexity index is 543. The zero-order chi connectivity index (χ0) is 15.9. The lowest BCUT2D eigenvalue weighted by Crippen LogP contribution is -2.35. The van der Waals surface area contributed by atoms with Crippen molar-refractivity contribution in [2.45, 2.75) is 31.6 Å². The molecule has 120 valence electrons. The first-order chi connectivity index (χ1) is 9.85. The molecule has 0 amide bonds. The second kappa shape index (κ2) is 8.66. The van der Waals surface area contributed by atoms with Crippen LogP contribution in [0.3, 0.4) is 0 Å². The summed E-state index contributed by atoms with van der Waals surface area (Å²) in [5.41, 5.74) is 1.09. The van der Waals surface area contributed by atoms with E-state index in [9.17, 15) is 12.6 Å². The molecular weight excluding hydrogens is 306 g/mol. The first kappa shape index (κ1) is 18.3. The summed E-state index contributed by atoms with van der Waals surface area (Å²) >= 11 is 0. The smallest absolute Gasteiger partial charge is 0.148 e. The van der Waals surface area contributed by atoms with E-state index in [-0.39, 0.29) is 22.8 Å². The zero-order valence-electron chi connectivity index (χ0n) is 12.9. The number of rotatable bonds is 9. The Morgan fingerprint density at radius 3 is 2.38 bits per heavy atom. The lowest BCUT2D eigenvalue weighted by molar-refractivity contribution is 0.518. The van der Waals surface area contributed by atoms with Crippen molar-refractivity contribution < 1.29 is 12.6 Å². The minimum atomic E-state index is -3.07. The van der Waals surface area contributed by atoms with Gasteiger partial charge in [-0.2, -0.15) is 0 Å². The predicted molar refractivity (Wildman–Crippen MR) is 89.7 cm³/mol. The molecule has 0 spiro atoms. The van der Waals surface area contributed by atoms with Crippen molar-refractivity contribution in [3.05, 3.63) is 35.9 Å². The van der Waals surface area contributed by atoms with Crippen molar-refractivity contribution in [2.24, 2.45) is 0 Å². The minimum absolute atomic E-state index is 0.0217. The van der Waals surface area contributed by atoms with Gasteiger partial charge in [-0.25, -0.2) is 8.42 Å². The van der Waals surface area contributed by atoms with E-state index in [4.69, 9.17) is 0 Å². The fraction of sp³-hybridized carbons (Fsp3) is 0.600. The molecule has 0 saturated heterocycles. The van der Waals surface area contributed by atoms with Crippen molar-refractivity contribution in [2.75, 3.05) is 24.3 Å². The fourth-order valence-corrected chi connectivity index (χ4v) is 4.88. The van der Waals surface area contributed by atoms with Crippen molar-refractivity contribution in [1.29, 1.82) is 0 Å². The monoisotopic (exact) mass is 331 g/mol. The van der Waals surface area contributed by atoms with E-state index in [2.05, 4.69) is 12.2 Å². The third-order valence-electron chi connectivity index (χ3n) is 3.31. The molecule has 21 heavy (non-hydrogen) atoms. The van der Waals surface area contributed by atoms with E-state index < -0.39 is 20.6 Å². The van der Waals surface area contributed by atoms with E-state index in [0.717, 1.165) is 18.5 Å². The summed E-state index contributed by atoms with van der Waals surface area (Å²) in [6.07, 6.45) is 2.17. The van der Waals surface area contributed by atoms with Gasteiger partial charge in [-0.1, -0.05) is 37.3 Å². The normalized spacial score (nSPS) is 16.3. The summed E-state index contributed by atoms with van der Waals surface area (Å²) in [5.74, 6) is 0.163. The number of hydrogen-bond donors (Lipinski definition) is 1. The minimum Gasteiger partial charge on any atom is -0.309 e. The first-order valence-electron chi connectivity index (χ1n) is 7.18. The number of nitrogens with one attached hydrogen (secondary N) is 1. The quantitative estimate of drug-likeness (QED) is 0.751. The van der Waals surface area contributed by atoms with Crippen LogP contribution in [-0.2, 0) is 20.6 Å². The molecule has 6 heteroatoms. The second-order valence-corrected chi connectivity index (χ2v) is 9.44. The van der Waals surface area contributed by atoms with Crippen molar-refractivity contribution in [1.82, 2.24) is 5.32 Å². The summed E-state index contributed by atoms with van der Waals surface area (Å²) in [5, 5.41) is 3.28. The van der Waals surface area contributed by atoms with Gasteiger partial charge in [0.15, 0.2) is 0 Å². The highest BCUT2D eigenvalue weighted by Gasteiger charge is 2.24. The third-order valence-corrected chi connectivity index (χ3v) is 6.22. The van der Waals surface area contributed by atoms with Gasteiger partial charge in [-0.3, -0.25) is 4.21 Å². The molecule has 0 fully saturated rings. The molecule has 0 saturated carbocycles. The Morgan fingerprint density at radius 2 is 1.86 bits per heavy atom. The van der Waals surface area contributed by atoms with Crippen molar-refractivity contribution in [3.8, 4) is 0 Å². The van der Waals surface area contributed by atoms with Gasteiger partial charge in [0, 0.05) is 28.9 Å². The molecule has 0 heterocycles. The highest BCUT2D eigenvalue weighted by atomic mass is 32.2. The van der Waals surface area contributed by atoms with Crippen LogP contribution in [-0.4, -0.2) is 42.2 Å². The molecular formula is C15H25NO3S2. The summed E-state index contributed by atoms with van der Waals surface area (Å²) in [7, 11) is -4.26. The van der Waals surface area contributed by atoms with Gasteiger partial charge in [0.1, 0.15) is 9.84 Å². The van der Waals surface area contributed by atoms with E-state index >= 15 is 0 Å². The molecule has 0 bridgehead atoms. The maximum atomic E-state index is 12.4. The Morgan fingerprint density at radius 1 is 1.24 bits per heavy atom. The molecule has 0 aliphatic rings. The average molecular weight is 332 g/mol. The molecule has 0 radical (unpaired) electrons. The Labute approximate surface area is 130 Å². The Balaban J connectivity index is 2.80. The molecule has 1 N–H and O–H groups in total. The van der Waals surface area contributed by atoms with Crippen LogP contribution in [0.2, 0.25) is 0 Å². The van der Waals surface area contributed by atoms with E-state index in [1.54, 1.807) is 0 Å². The van der Waals surface area contributed by atoms with Crippen molar-refractivity contribution >= 4 is 20.6 Å². The SMILES string of the molecule is CCCNC(c1ccccc1)C(C)S(=O)CCS(C)(=O)=O. The first-order valence-corrected chi connectivity index (χ1v) is 10.6. The maximum Gasteiger partial charge on any atom is 0.148 e. The largest absolute Gasteiger partial charge is 0.309 e. The van der Waals surface area contributed by atoms with E-state index in [1.165, 1.54) is 6.26 Å². The van der Waals surface area contributed by atoms with Gasteiger partial charge in [0.25, 0.3) is 0 Å². The van der Waals surface area contributed by atoms with Gasteiger partial charge < -0.3 is 5.32 Å². The molecule has 1 rings (SSSR count). The lowest BCUT2D eigenvalue weighted by Gasteiger charge is -2.25. The molecule has 4 nitrogen and oxygen atoms in total. The summed E-state index contributed by atoms with van der Waals surface area (Å²) < 4.78 is 34.8. The fourth-order valence-electron chi connectivity index (χ4n) is 2.09. The highest BCUT2D eigenvalue weighted by Crippen LogP contribution is 2.21. The Kier molecular flexibility index (Phi) is 7.56. The zero-order valence-corrected chi connectivity index (χ0v) is 14.5. The average Bonchev–Trinajstić information content (AvgIpc) is 2.45.